The average Bonchev–Trinajstić information content (AvgIpc) is 2.49. The molecule has 21 heavy (non-hydrogen) atoms. The van der Waals surface area contributed by atoms with E-state index in [1.165, 1.54) is 0 Å². The monoisotopic (exact) mass is 281 g/mol. The number of imide groups is 1. The van der Waals surface area contributed by atoms with Crippen LogP contribution in [0.4, 0.5) is 0 Å². The van der Waals surface area contributed by atoms with Gasteiger partial charge in [0.15, 0.2) is 0 Å². The SMILES string of the molecule is CCN1C(=O)C(C#N)C(C)(c2ccccc2)C(C#N)C1=O. The Kier molecular flexibility index (Phi) is 3.78. The van der Waals surface area contributed by atoms with Crippen LogP contribution in [0.2, 0.25) is 0 Å². The summed E-state index contributed by atoms with van der Waals surface area (Å²) < 4.78 is 0. The van der Waals surface area contributed by atoms with Crippen LogP contribution in [0.5, 0.6) is 0 Å². The van der Waals surface area contributed by atoms with Crippen LogP contribution in [0.3, 0.4) is 0 Å². The van der Waals surface area contributed by atoms with Crippen LogP contribution in [0.15, 0.2) is 30.3 Å². The first-order valence-corrected chi connectivity index (χ1v) is 6.72. The van der Waals surface area contributed by atoms with Crippen molar-refractivity contribution in [3.8, 4) is 12.1 Å². The number of benzene rings is 1. The van der Waals surface area contributed by atoms with Gasteiger partial charge in [0.25, 0.3) is 0 Å². The molecule has 1 saturated heterocycles. The molecule has 5 heteroatoms. The molecular formula is C16H15N3O2. The molecule has 106 valence electrons. The first kappa shape index (κ1) is 14.7. The molecule has 1 aromatic carbocycles. The van der Waals surface area contributed by atoms with E-state index >= 15 is 0 Å². The summed E-state index contributed by atoms with van der Waals surface area (Å²) in [7, 11) is 0. The molecule has 5 nitrogen and oxygen atoms in total. The van der Waals surface area contributed by atoms with Gasteiger partial charge < -0.3 is 0 Å². The van der Waals surface area contributed by atoms with Crippen molar-refractivity contribution in [3.05, 3.63) is 35.9 Å². The summed E-state index contributed by atoms with van der Waals surface area (Å²) in [6, 6.07) is 12.8. The predicted molar refractivity (Wildman–Crippen MR) is 74.4 cm³/mol. The average molecular weight is 281 g/mol. The van der Waals surface area contributed by atoms with Crippen LogP contribution >= 0.6 is 0 Å². The van der Waals surface area contributed by atoms with Crippen LogP contribution in [0.25, 0.3) is 0 Å². The predicted octanol–water partition coefficient (Wildman–Crippen LogP) is 1.61. The molecule has 1 aliphatic heterocycles. The number of carbonyl (C=O) groups excluding carboxylic acids is 2. The van der Waals surface area contributed by atoms with Gasteiger partial charge in [-0.2, -0.15) is 10.5 Å². The third-order valence-corrected chi connectivity index (χ3v) is 4.20. The largest absolute Gasteiger partial charge is 0.281 e. The molecule has 0 spiro atoms. The Morgan fingerprint density at radius 1 is 1.10 bits per heavy atom. The van der Waals surface area contributed by atoms with Gasteiger partial charge in [0.05, 0.1) is 12.1 Å². The van der Waals surface area contributed by atoms with Crippen molar-refractivity contribution in [2.75, 3.05) is 6.54 Å². The van der Waals surface area contributed by atoms with E-state index in [4.69, 9.17) is 0 Å². The lowest BCUT2D eigenvalue weighted by atomic mass is 9.61. The van der Waals surface area contributed by atoms with Gasteiger partial charge in [0.1, 0.15) is 11.8 Å². The van der Waals surface area contributed by atoms with Crippen molar-refractivity contribution in [1.29, 1.82) is 10.5 Å². The lowest BCUT2D eigenvalue weighted by Crippen LogP contribution is -2.60. The fourth-order valence-electron chi connectivity index (χ4n) is 2.92. The highest BCUT2D eigenvalue weighted by atomic mass is 16.2. The van der Waals surface area contributed by atoms with Gasteiger partial charge in [0, 0.05) is 12.0 Å². The zero-order valence-corrected chi connectivity index (χ0v) is 11.9. The van der Waals surface area contributed by atoms with Crippen molar-refractivity contribution in [1.82, 2.24) is 4.90 Å². The maximum absolute atomic E-state index is 12.4. The number of hydrogen-bond donors (Lipinski definition) is 0. The second kappa shape index (κ2) is 5.38. The Balaban J connectivity index is 2.67. The smallest absolute Gasteiger partial charge is 0.247 e. The number of carbonyl (C=O) groups is 2. The highest BCUT2D eigenvalue weighted by molar-refractivity contribution is 6.04. The molecule has 0 bridgehead atoms. The Morgan fingerprint density at radius 2 is 1.57 bits per heavy atom. The summed E-state index contributed by atoms with van der Waals surface area (Å²) in [6.07, 6.45) is 0. The molecule has 1 aliphatic rings. The molecule has 1 heterocycles. The second-order valence-electron chi connectivity index (χ2n) is 5.19. The molecule has 0 N–H and O–H groups in total. The molecule has 2 amide bonds. The molecule has 0 aromatic heterocycles. The molecule has 2 rings (SSSR count). The fourth-order valence-corrected chi connectivity index (χ4v) is 2.92. The summed E-state index contributed by atoms with van der Waals surface area (Å²) in [4.78, 5) is 25.8. The first-order valence-electron chi connectivity index (χ1n) is 6.72. The summed E-state index contributed by atoms with van der Waals surface area (Å²) in [5.74, 6) is -3.16. The summed E-state index contributed by atoms with van der Waals surface area (Å²) in [6.45, 7) is 3.47. The summed E-state index contributed by atoms with van der Waals surface area (Å²) in [5, 5.41) is 18.9. The lowest BCUT2D eigenvalue weighted by Gasteiger charge is -2.43. The maximum atomic E-state index is 12.4. The van der Waals surface area contributed by atoms with Crippen molar-refractivity contribution in [2.45, 2.75) is 19.3 Å². The molecule has 1 fully saturated rings. The highest BCUT2D eigenvalue weighted by Crippen LogP contribution is 2.44. The van der Waals surface area contributed by atoms with Crippen LogP contribution in [-0.2, 0) is 15.0 Å². The van der Waals surface area contributed by atoms with E-state index in [1.54, 1.807) is 44.2 Å². The normalized spacial score (nSPS) is 28.9. The standard InChI is InChI=1S/C16H15N3O2/c1-3-19-14(20)12(9-17)16(2,13(10-18)15(19)21)11-7-5-4-6-8-11/h4-8,12-13H,3H2,1-2H3. The summed E-state index contributed by atoms with van der Waals surface area (Å²) >= 11 is 0. The fraction of sp³-hybridized carbons (Fsp3) is 0.375. The van der Waals surface area contributed by atoms with E-state index in [-0.39, 0.29) is 6.54 Å². The minimum atomic E-state index is -1.13. The molecule has 0 aliphatic carbocycles. The van der Waals surface area contributed by atoms with Crippen LogP contribution in [-0.4, -0.2) is 23.3 Å². The minimum absolute atomic E-state index is 0.166. The molecule has 1 aromatic rings. The quantitative estimate of drug-likeness (QED) is 0.771. The minimum Gasteiger partial charge on any atom is -0.281 e. The number of rotatable bonds is 2. The zero-order valence-electron chi connectivity index (χ0n) is 11.9. The van der Waals surface area contributed by atoms with E-state index in [2.05, 4.69) is 0 Å². The molecular weight excluding hydrogens is 266 g/mol. The van der Waals surface area contributed by atoms with Gasteiger partial charge in [-0.3, -0.25) is 14.5 Å². The third-order valence-electron chi connectivity index (χ3n) is 4.20. The number of nitrogens with zero attached hydrogens (tertiary/aromatic N) is 3. The Morgan fingerprint density at radius 3 is 1.95 bits per heavy atom. The topological polar surface area (TPSA) is 85.0 Å². The summed E-state index contributed by atoms with van der Waals surface area (Å²) in [5.41, 5.74) is -0.481. The number of hydrogen-bond acceptors (Lipinski definition) is 4. The van der Waals surface area contributed by atoms with Crippen LogP contribution in [0, 0.1) is 34.5 Å². The lowest BCUT2D eigenvalue weighted by molar-refractivity contribution is -0.156. The van der Waals surface area contributed by atoms with Gasteiger partial charge in [-0.25, -0.2) is 0 Å². The van der Waals surface area contributed by atoms with Crippen molar-refractivity contribution < 1.29 is 9.59 Å². The third kappa shape index (κ3) is 1.98. The highest BCUT2D eigenvalue weighted by Gasteiger charge is 2.57. The van der Waals surface area contributed by atoms with Crippen LogP contribution < -0.4 is 0 Å². The van der Waals surface area contributed by atoms with E-state index in [0.29, 0.717) is 5.56 Å². The number of likely N-dealkylation sites (tertiary alicyclic amines) is 1. The molecule has 2 unspecified atom stereocenters. The van der Waals surface area contributed by atoms with Crippen molar-refractivity contribution >= 4 is 11.8 Å². The van der Waals surface area contributed by atoms with E-state index < -0.39 is 29.1 Å². The Hall–Kier alpha value is -2.66. The number of piperidine rings is 1. The Bertz CT molecular complexity index is 620. The number of nitriles is 2. The van der Waals surface area contributed by atoms with E-state index in [0.717, 1.165) is 4.90 Å². The van der Waals surface area contributed by atoms with Crippen LogP contribution in [0.1, 0.15) is 19.4 Å². The molecule has 0 saturated carbocycles. The van der Waals surface area contributed by atoms with Gasteiger partial charge in [-0.1, -0.05) is 37.3 Å². The molecule has 0 radical (unpaired) electrons. The van der Waals surface area contributed by atoms with Gasteiger partial charge >= 0.3 is 0 Å². The van der Waals surface area contributed by atoms with Gasteiger partial charge in [0.2, 0.25) is 11.8 Å². The molecule has 2 atom stereocenters. The van der Waals surface area contributed by atoms with Gasteiger partial charge in [-0.15, -0.1) is 0 Å². The van der Waals surface area contributed by atoms with Gasteiger partial charge in [-0.05, 0) is 12.5 Å². The van der Waals surface area contributed by atoms with Crippen molar-refractivity contribution in [3.63, 3.8) is 0 Å². The zero-order chi connectivity index (χ0) is 15.6. The first-order chi connectivity index (χ1) is 10.0. The van der Waals surface area contributed by atoms with E-state index in [1.807, 2.05) is 12.1 Å². The van der Waals surface area contributed by atoms with E-state index in [9.17, 15) is 20.1 Å². The number of amides is 2. The maximum Gasteiger partial charge on any atom is 0.247 e. The second-order valence-corrected chi connectivity index (χ2v) is 5.19. The van der Waals surface area contributed by atoms with Crippen molar-refractivity contribution in [2.24, 2.45) is 11.8 Å². The Labute approximate surface area is 123 Å².